The Hall–Kier alpha value is -1.67. The lowest BCUT2D eigenvalue weighted by Crippen LogP contribution is -2.09. The van der Waals surface area contributed by atoms with Crippen LogP contribution in [-0.2, 0) is 6.54 Å². The highest BCUT2D eigenvalue weighted by Crippen LogP contribution is 2.38. The van der Waals surface area contributed by atoms with Gasteiger partial charge in [0.15, 0.2) is 0 Å². The first-order valence-electron chi connectivity index (χ1n) is 7.31. The topological polar surface area (TPSA) is 12.0 Å². The van der Waals surface area contributed by atoms with Crippen LogP contribution in [0.4, 0.5) is 4.39 Å². The van der Waals surface area contributed by atoms with Gasteiger partial charge in [0.25, 0.3) is 0 Å². The molecule has 0 atom stereocenters. The van der Waals surface area contributed by atoms with Gasteiger partial charge in [-0.05, 0) is 60.2 Å². The summed E-state index contributed by atoms with van der Waals surface area (Å²) < 4.78 is 13.4. The van der Waals surface area contributed by atoms with Crippen molar-refractivity contribution in [2.75, 3.05) is 7.05 Å². The first kappa shape index (κ1) is 13.3. The summed E-state index contributed by atoms with van der Waals surface area (Å²) in [5, 5.41) is 3.11. The summed E-state index contributed by atoms with van der Waals surface area (Å²) in [6.45, 7) is 0.681. The van der Waals surface area contributed by atoms with Crippen molar-refractivity contribution in [2.45, 2.75) is 31.7 Å². The van der Waals surface area contributed by atoms with Gasteiger partial charge in [-0.1, -0.05) is 36.8 Å². The molecule has 1 nitrogen and oxygen atoms in total. The predicted octanol–water partition coefficient (Wildman–Crippen LogP) is 4.48. The molecular weight excluding hydrogens is 249 g/mol. The molecular formula is C18H20FN. The number of halogens is 1. The Kier molecular flexibility index (Phi) is 3.83. The van der Waals surface area contributed by atoms with Gasteiger partial charge in [-0.15, -0.1) is 0 Å². The molecule has 0 heterocycles. The van der Waals surface area contributed by atoms with Crippen molar-refractivity contribution in [3.63, 3.8) is 0 Å². The summed E-state index contributed by atoms with van der Waals surface area (Å²) in [6.07, 6.45) is 3.95. The lowest BCUT2D eigenvalue weighted by atomic mass is 9.79. The highest BCUT2D eigenvalue weighted by Gasteiger charge is 2.19. The quantitative estimate of drug-likeness (QED) is 0.863. The third kappa shape index (κ3) is 2.61. The maximum Gasteiger partial charge on any atom is 0.123 e. The van der Waals surface area contributed by atoms with Crippen LogP contribution in [0.2, 0.25) is 0 Å². The summed E-state index contributed by atoms with van der Waals surface area (Å²) in [5.74, 6) is 0.553. The monoisotopic (exact) mass is 269 g/mol. The first-order chi connectivity index (χ1) is 9.78. The van der Waals surface area contributed by atoms with Crippen LogP contribution in [0.5, 0.6) is 0 Å². The van der Waals surface area contributed by atoms with Crippen LogP contribution in [0.25, 0.3) is 11.1 Å². The molecule has 104 valence electrons. The molecule has 0 amide bonds. The fourth-order valence-corrected chi connectivity index (χ4v) is 2.88. The lowest BCUT2D eigenvalue weighted by Gasteiger charge is -2.26. The van der Waals surface area contributed by atoms with Crippen molar-refractivity contribution in [2.24, 2.45) is 0 Å². The van der Waals surface area contributed by atoms with Gasteiger partial charge in [0, 0.05) is 6.54 Å². The lowest BCUT2D eigenvalue weighted by molar-refractivity contribution is 0.420. The number of rotatable bonds is 4. The molecule has 0 bridgehead atoms. The van der Waals surface area contributed by atoms with E-state index in [4.69, 9.17) is 0 Å². The second-order valence-corrected chi connectivity index (χ2v) is 5.59. The minimum atomic E-state index is -0.172. The molecule has 1 fully saturated rings. The Bertz CT molecular complexity index is 602. The Morgan fingerprint density at radius 1 is 1.15 bits per heavy atom. The minimum absolute atomic E-state index is 0.172. The molecule has 2 heteroatoms. The zero-order valence-corrected chi connectivity index (χ0v) is 11.8. The van der Waals surface area contributed by atoms with E-state index in [2.05, 4.69) is 29.6 Å². The minimum Gasteiger partial charge on any atom is -0.316 e. The molecule has 0 aromatic heterocycles. The molecule has 3 rings (SSSR count). The van der Waals surface area contributed by atoms with Gasteiger partial charge in [-0.2, -0.15) is 0 Å². The standard InChI is InChI=1S/C18H20FN/c1-20-12-16-11-17(19)8-9-18(16)15-7-3-6-14(10-15)13-4-2-5-13/h3,6-11,13,20H,2,4-5,12H2,1H3. The van der Waals surface area contributed by atoms with Gasteiger partial charge in [0.1, 0.15) is 5.82 Å². The average Bonchev–Trinajstić information content (AvgIpc) is 2.37. The number of benzene rings is 2. The summed E-state index contributed by atoms with van der Waals surface area (Å²) in [4.78, 5) is 0. The smallest absolute Gasteiger partial charge is 0.123 e. The van der Waals surface area contributed by atoms with Gasteiger partial charge in [0.2, 0.25) is 0 Å². The zero-order chi connectivity index (χ0) is 13.9. The second kappa shape index (κ2) is 5.76. The van der Waals surface area contributed by atoms with Crippen molar-refractivity contribution in [3.05, 3.63) is 59.4 Å². The maximum absolute atomic E-state index is 13.4. The van der Waals surface area contributed by atoms with Gasteiger partial charge in [-0.3, -0.25) is 0 Å². The summed E-state index contributed by atoms with van der Waals surface area (Å²) in [7, 11) is 1.89. The van der Waals surface area contributed by atoms with Crippen LogP contribution in [-0.4, -0.2) is 7.05 Å². The molecule has 0 spiro atoms. The molecule has 1 aliphatic carbocycles. The molecule has 2 aromatic rings. The van der Waals surface area contributed by atoms with E-state index >= 15 is 0 Å². The maximum atomic E-state index is 13.4. The van der Waals surface area contributed by atoms with Crippen LogP contribution >= 0.6 is 0 Å². The Labute approximate surface area is 119 Å². The largest absolute Gasteiger partial charge is 0.316 e. The third-order valence-electron chi connectivity index (χ3n) is 4.21. The van der Waals surface area contributed by atoms with Crippen molar-refractivity contribution in [3.8, 4) is 11.1 Å². The van der Waals surface area contributed by atoms with E-state index in [-0.39, 0.29) is 5.82 Å². The second-order valence-electron chi connectivity index (χ2n) is 5.59. The van der Waals surface area contributed by atoms with Crippen LogP contribution in [0.1, 0.15) is 36.3 Å². The van der Waals surface area contributed by atoms with E-state index < -0.39 is 0 Å². The highest BCUT2D eigenvalue weighted by molar-refractivity contribution is 5.68. The van der Waals surface area contributed by atoms with Crippen molar-refractivity contribution < 1.29 is 4.39 Å². The third-order valence-corrected chi connectivity index (χ3v) is 4.21. The highest BCUT2D eigenvalue weighted by atomic mass is 19.1. The van der Waals surface area contributed by atoms with E-state index in [1.54, 1.807) is 12.1 Å². The number of nitrogens with one attached hydrogen (secondary N) is 1. The molecule has 2 aromatic carbocycles. The first-order valence-corrected chi connectivity index (χ1v) is 7.31. The number of hydrogen-bond acceptors (Lipinski definition) is 1. The van der Waals surface area contributed by atoms with Gasteiger partial charge < -0.3 is 5.32 Å². The van der Waals surface area contributed by atoms with Crippen molar-refractivity contribution in [1.29, 1.82) is 0 Å². The molecule has 1 saturated carbocycles. The van der Waals surface area contributed by atoms with Crippen LogP contribution in [0, 0.1) is 5.82 Å². The Morgan fingerprint density at radius 2 is 2.00 bits per heavy atom. The van der Waals surface area contributed by atoms with E-state index in [0.717, 1.165) is 17.0 Å². The molecule has 0 radical (unpaired) electrons. The van der Waals surface area contributed by atoms with E-state index in [9.17, 15) is 4.39 Å². The summed E-state index contributed by atoms with van der Waals surface area (Å²) in [5.41, 5.74) is 4.76. The average molecular weight is 269 g/mol. The Morgan fingerprint density at radius 3 is 2.70 bits per heavy atom. The van der Waals surface area contributed by atoms with Gasteiger partial charge >= 0.3 is 0 Å². The number of hydrogen-bond donors (Lipinski definition) is 1. The fourth-order valence-electron chi connectivity index (χ4n) is 2.88. The van der Waals surface area contributed by atoms with E-state index in [0.29, 0.717) is 6.54 Å². The molecule has 0 saturated heterocycles. The molecule has 1 N–H and O–H groups in total. The van der Waals surface area contributed by atoms with Crippen LogP contribution in [0.15, 0.2) is 42.5 Å². The van der Waals surface area contributed by atoms with E-state index in [1.807, 2.05) is 13.1 Å². The molecule has 1 aliphatic rings. The predicted molar refractivity (Wildman–Crippen MR) is 81.2 cm³/mol. The molecule has 0 unspecified atom stereocenters. The molecule has 20 heavy (non-hydrogen) atoms. The van der Waals surface area contributed by atoms with Gasteiger partial charge in [0.05, 0.1) is 0 Å². The van der Waals surface area contributed by atoms with Crippen molar-refractivity contribution in [1.82, 2.24) is 5.32 Å². The summed E-state index contributed by atoms with van der Waals surface area (Å²) in [6, 6.07) is 13.8. The van der Waals surface area contributed by atoms with Gasteiger partial charge in [-0.25, -0.2) is 4.39 Å². The normalized spacial score (nSPS) is 15.1. The summed E-state index contributed by atoms with van der Waals surface area (Å²) >= 11 is 0. The van der Waals surface area contributed by atoms with Crippen LogP contribution < -0.4 is 5.32 Å². The zero-order valence-electron chi connectivity index (χ0n) is 11.8. The van der Waals surface area contributed by atoms with E-state index in [1.165, 1.54) is 30.4 Å². The SMILES string of the molecule is CNCc1cc(F)ccc1-c1cccc(C2CCC2)c1. The van der Waals surface area contributed by atoms with Crippen molar-refractivity contribution >= 4 is 0 Å². The Balaban J connectivity index is 1.99. The fraction of sp³-hybridized carbons (Fsp3) is 0.333. The molecule has 0 aliphatic heterocycles. The van der Waals surface area contributed by atoms with Crippen LogP contribution in [0.3, 0.4) is 0 Å².